The molecule has 1 aromatic carbocycles. The Balaban J connectivity index is 2.73. The summed E-state index contributed by atoms with van der Waals surface area (Å²) in [4.78, 5) is 10.4. The Morgan fingerprint density at radius 1 is 1.27 bits per heavy atom. The largest absolute Gasteiger partial charge is 0.390 e. The van der Waals surface area contributed by atoms with Gasteiger partial charge in [-0.3, -0.25) is 4.79 Å². The summed E-state index contributed by atoms with van der Waals surface area (Å²) < 4.78 is 0. The first-order chi connectivity index (χ1) is 7.19. The molecular formula is C11H14O3S. The SMILES string of the molecule is O=Cc1ccc(C(O)C(O)CCS)cc1. The highest BCUT2D eigenvalue weighted by molar-refractivity contribution is 7.80. The molecule has 0 aliphatic heterocycles. The third-order valence-electron chi connectivity index (χ3n) is 2.20. The van der Waals surface area contributed by atoms with Crippen LogP contribution in [0.4, 0.5) is 0 Å². The van der Waals surface area contributed by atoms with Crippen molar-refractivity contribution in [1.29, 1.82) is 0 Å². The second kappa shape index (κ2) is 5.90. The summed E-state index contributed by atoms with van der Waals surface area (Å²) in [6, 6.07) is 6.49. The summed E-state index contributed by atoms with van der Waals surface area (Å²) in [7, 11) is 0. The summed E-state index contributed by atoms with van der Waals surface area (Å²) in [6.45, 7) is 0. The highest BCUT2D eigenvalue weighted by atomic mass is 32.1. The number of carbonyl (C=O) groups excluding carboxylic acids is 1. The highest BCUT2D eigenvalue weighted by Gasteiger charge is 2.16. The smallest absolute Gasteiger partial charge is 0.150 e. The highest BCUT2D eigenvalue weighted by Crippen LogP contribution is 2.19. The van der Waals surface area contributed by atoms with Crippen LogP contribution in [0.5, 0.6) is 0 Å². The minimum atomic E-state index is -0.919. The lowest BCUT2D eigenvalue weighted by Gasteiger charge is -2.17. The van der Waals surface area contributed by atoms with Gasteiger partial charge in [-0.05, 0) is 17.7 Å². The maximum Gasteiger partial charge on any atom is 0.150 e. The van der Waals surface area contributed by atoms with Crippen molar-refractivity contribution in [2.24, 2.45) is 0 Å². The van der Waals surface area contributed by atoms with Crippen molar-refractivity contribution >= 4 is 18.9 Å². The molecule has 2 atom stereocenters. The molecule has 1 aromatic rings. The Morgan fingerprint density at radius 2 is 1.87 bits per heavy atom. The molecule has 0 bridgehead atoms. The number of aldehydes is 1. The lowest BCUT2D eigenvalue weighted by molar-refractivity contribution is 0.0172. The zero-order valence-electron chi connectivity index (χ0n) is 8.21. The van der Waals surface area contributed by atoms with Gasteiger partial charge in [-0.2, -0.15) is 12.6 Å². The number of aliphatic hydroxyl groups is 2. The molecule has 15 heavy (non-hydrogen) atoms. The molecule has 0 aromatic heterocycles. The van der Waals surface area contributed by atoms with Gasteiger partial charge < -0.3 is 10.2 Å². The molecule has 0 fully saturated rings. The number of hydrogen-bond donors (Lipinski definition) is 3. The van der Waals surface area contributed by atoms with Gasteiger partial charge in [0.1, 0.15) is 12.4 Å². The van der Waals surface area contributed by atoms with Crippen LogP contribution in [0.1, 0.15) is 28.4 Å². The van der Waals surface area contributed by atoms with Crippen LogP contribution in [-0.4, -0.2) is 28.4 Å². The van der Waals surface area contributed by atoms with Crippen molar-refractivity contribution in [1.82, 2.24) is 0 Å². The molecule has 2 N–H and O–H groups in total. The van der Waals surface area contributed by atoms with Crippen LogP contribution in [0, 0.1) is 0 Å². The molecule has 0 heterocycles. The van der Waals surface area contributed by atoms with Crippen molar-refractivity contribution < 1.29 is 15.0 Å². The lowest BCUT2D eigenvalue weighted by Crippen LogP contribution is -2.18. The number of aliphatic hydroxyl groups excluding tert-OH is 2. The van der Waals surface area contributed by atoms with Gasteiger partial charge in [-0.25, -0.2) is 0 Å². The summed E-state index contributed by atoms with van der Waals surface area (Å²) in [6.07, 6.45) is -0.567. The summed E-state index contributed by atoms with van der Waals surface area (Å²) in [5.41, 5.74) is 1.16. The first kappa shape index (κ1) is 12.2. The lowest BCUT2D eigenvalue weighted by atomic mass is 10.0. The summed E-state index contributed by atoms with van der Waals surface area (Å²) >= 11 is 3.98. The average molecular weight is 226 g/mol. The predicted octanol–water partition coefficient (Wildman–Crippen LogP) is 1.21. The molecule has 4 heteroatoms. The van der Waals surface area contributed by atoms with E-state index in [0.717, 1.165) is 6.29 Å². The van der Waals surface area contributed by atoms with E-state index < -0.39 is 12.2 Å². The molecule has 3 nitrogen and oxygen atoms in total. The molecule has 0 aliphatic carbocycles. The second-order valence-electron chi connectivity index (χ2n) is 3.31. The molecule has 0 aliphatic rings. The van der Waals surface area contributed by atoms with Gasteiger partial charge in [-0.15, -0.1) is 0 Å². The Kier molecular flexibility index (Phi) is 4.81. The average Bonchev–Trinajstić information content (AvgIpc) is 2.28. The molecule has 82 valence electrons. The van der Waals surface area contributed by atoms with E-state index in [9.17, 15) is 15.0 Å². The Labute approximate surface area is 94.2 Å². The van der Waals surface area contributed by atoms with E-state index in [1.807, 2.05) is 0 Å². The number of hydrogen-bond acceptors (Lipinski definition) is 4. The van der Waals surface area contributed by atoms with E-state index in [2.05, 4.69) is 12.6 Å². The van der Waals surface area contributed by atoms with Crippen LogP contribution in [0.15, 0.2) is 24.3 Å². The zero-order valence-corrected chi connectivity index (χ0v) is 9.10. The summed E-state index contributed by atoms with van der Waals surface area (Å²) in [5, 5.41) is 19.2. The fraction of sp³-hybridized carbons (Fsp3) is 0.364. The van der Waals surface area contributed by atoms with Crippen LogP contribution < -0.4 is 0 Å². The van der Waals surface area contributed by atoms with E-state index in [1.54, 1.807) is 24.3 Å². The van der Waals surface area contributed by atoms with Crippen LogP contribution in [0.25, 0.3) is 0 Å². The molecule has 0 saturated heterocycles. The molecule has 0 spiro atoms. The van der Waals surface area contributed by atoms with Gasteiger partial charge >= 0.3 is 0 Å². The standard InChI is InChI=1S/C11H14O3S/c12-7-8-1-3-9(4-2-8)11(14)10(13)5-6-15/h1-4,7,10-11,13-15H,5-6H2. The fourth-order valence-corrected chi connectivity index (χ4v) is 1.55. The molecule has 0 radical (unpaired) electrons. The first-order valence-corrected chi connectivity index (χ1v) is 5.34. The first-order valence-electron chi connectivity index (χ1n) is 4.71. The Bertz CT molecular complexity index is 310. The summed E-state index contributed by atoms with van der Waals surface area (Å²) in [5.74, 6) is 0.519. The van der Waals surface area contributed by atoms with Crippen LogP contribution in [0.2, 0.25) is 0 Å². The van der Waals surface area contributed by atoms with Gasteiger partial charge in [-0.1, -0.05) is 24.3 Å². The second-order valence-corrected chi connectivity index (χ2v) is 3.76. The zero-order chi connectivity index (χ0) is 11.3. The van der Waals surface area contributed by atoms with Gasteiger partial charge in [0.05, 0.1) is 6.10 Å². The van der Waals surface area contributed by atoms with Crippen molar-refractivity contribution in [2.75, 3.05) is 5.75 Å². The van der Waals surface area contributed by atoms with Crippen LogP contribution in [0.3, 0.4) is 0 Å². The molecule has 0 saturated carbocycles. The Hall–Kier alpha value is -0.840. The normalized spacial score (nSPS) is 14.6. The number of carbonyl (C=O) groups is 1. The van der Waals surface area contributed by atoms with Gasteiger partial charge in [0.25, 0.3) is 0 Å². The van der Waals surface area contributed by atoms with E-state index in [1.165, 1.54) is 0 Å². The van der Waals surface area contributed by atoms with Crippen molar-refractivity contribution in [3.63, 3.8) is 0 Å². The molecule has 0 amide bonds. The third-order valence-corrected chi connectivity index (χ3v) is 2.46. The predicted molar refractivity (Wildman–Crippen MR) is 61.3 cm³/mol. The van der Waals surface area contributed by atoms with Crippen LogP contribution in [-0.2, 0) is 0 Å². The van der Waals surface area contributed by atoms with E-state index in [0.29, 0.717) is 23.3 Å². The third kappa shape index (κ3) is 3.34. The fourth-order valence-electron chi connectivity index (χ4n) is 1.28. The molecular weight excluding hydrogens is 212 g/mol. The maximum absolute atomic E-state index is 10.4. The van der Waals surface area contributed by atoms with Gasteiger partial charge in [0, 0.05) is 5.56 Å². The Morgan fingerprint density at radius 3 is 2.33 bits per heavy atom. The number of thiol groups is 1. The van der Waals surface area contributed by atoms with E-state index in [4.69, 9.17) is 0 Å². The van der Waals surface area contributed by atoms with Crippen LogP contribution >= 0.6 is 12.6 Å². The quantitative estimate of drug-likeness (QED) is 0.522. The van der Waals surface area contributed by atoms with E-state index >= 15 is 0 Å². The minimum Gasteiger partial charge on any atom is -0.390 e. The van der Waals surface area contributed by atoms with Crippen molar-refractivity contribution in [3.05, 3.63) is 35.4 Å². The minimum absolute atomic E-state index is 0.430. The van der Waals surface area contributed by atoms with Gasteiger partial charge in [0.2, 0.25) is 0 Å². The maximum atomic E-state index is 10.4. The van der Waals surface area contributed by atoms with Crippen molar-refractivity contribution in [3.8, 4) is 0 Å². The molecule has 2 unspecified atom stereocenters. The van der Waals surface area contributed by atoms with E-state index in [-0.39, 0.29) is 0 Å². The van der Waals surface area contributed by atoms with Crippen molar-refractivity contribution in [2.45, 2.75) is 18.6 Å². The number of rotatable bonds is 5. The molecule has 1 rings (SSSR count). The monoisotopic (exact) mass is 226 g/mol. The topological polar surface area (TPSA) is 57.5 Å². The number of benzene rings is 1. The van der Waals surface area contributed by atoms with Gasteiger partial charge in [0.15, 0.2) is 0 Å².